The Morgan fingerprint density at radius 1 is 0.875 bits per heavy atom. The van der Waals surface area contributed by atoms with Crippen molar-refractivity contribution >= 4 is 17.4 Å². The number of aryl methyl sites for hydroxylation is 3. The zero-order chi connectivity index (χ0) is 23.0. The molecule has 1 unspecified atom stereocenters. The highest BCUT2D eigenvalue weighted by atomic mass is 16.3. The van der Waals surface area contributed by atoms with Crippen LogP contribution >= 0.6 is 0 Å². The van der Waals surface area contributed by atoms with Crippen LogP contribution in [0.5, 0.6) is 5.75 Å². The molecular formula is C27H25NO4. The third-order valence-electron chi connectivity index (χ3n) is 5.92. The number of aliphatic hydroxyl groups excluding tert-OH is 1. The molecule has 1 fully saturated rings. The summed E-state index contributed by atoms with van der Waals surface area (Å²) < 4.78 is 0. The van der Waals surface area contributed by atoms with Crippen LogP contribution in [0.15, 0.2) is 72.3 Å². The van der Waals surface area contributed by atoms with Crippen molar-refractivity contribution in [2.75, 3.05) is 0 Å². The van der Waals surface area contributed by atoms with Gasteiger partial charge in [-0.3, -0.25) is 9.59 Å². The second-order valence-corrected chi connectivity index (χ2v) is 8.31. The number of ketones is 1. The fourth-order valence-corrected chi connectivity index (χ4v) is 4.07. The van der Waals surface area contributed by atoms with E-state index >= 15 is 0 Å². The summed E-state index contributed by atoms with van der Waals surface area (Å²) in [6.07, 6.45) is 0. The van der Waals surface area contributed by atoms with E-state index < -0.39 is 17.7 Å². The van der Waals surface area contributed by atoms with Crippen LogP contribution in [0, 0.1) is 20.8 Å². The second kappa shape index (κ2) is 8.35. The maximum absolute atomic E-state index is 13.1. The number of phenols is 1. The van der Waals surface area contributed by atoms with Gasteiger partial charge in [0.25, 0.3) is 11.7 Å². The lowest BCUT2D eigenvalue weighted by atomic mass is 9.94. The number of aliphatic hydroxyl groups is 1. The van der Waals surface area contributed by atoms with E-state index in [9.17, 15) is 19.8 Å². The van der Waals surface area contributed by atoms with Crippen molar-refractivity contribution in [2.24, 2.45) is 0 Å². The van der Waals surface area contributed by atoms with Crippen LogP contribution in [-0.2, 0) is 16.1 Å². The molecular weight excluding hydrogens is 402 g/mol. The third-order valence-corrected chi connectivity index (χ3v) is 5.92. The number of hydrogen-bond donors (Lipinski definition) is 2. The highest BCUT2D eigenvalue weighted by Gasteiger charge is 2.46. The molecule has 5 heteroatoms. The average molecular weight is 428 g/mol. The van der Waals surface area contributed by atoms with Gasteiger partial charge in [-0.2, -0.15) is 0 Å². The van der Waals surface area contributed by atoms with E-state index in [0.717, 1.165) is 22.3 Å². The summed E-state index contributed by atoms with van der Waals surface area (Å²) in [6, 6.07) is 18.7. The molecule has 2 N–H and O–H groups in total. The molecule has 1 atom stereocenters. The summed E-state index contributed by atoms with van der Waals surface area (Å²) >= 11 is 0. The zero-order valence-corrected chi connectivity index (χ0v) is 18.3. The average Bonchev–Trinajstić information content (AvgIpc) is 3.02. The summed E-state index contributed by atoms with van der Waals surface area (Å²) in [4.78, 5) is 27.8. The first-order valence-electron chi connectivity index (χ1n) is 10.5. The fourth-order valence-electron chi connectivity index (χ4n) is 4.07. The van der Waals surface area contributed by atoms with E-state index in [4.69, 9.17) is 0 Å². The third kappa shape index (κ3) is 3.89. The summed E-state index contributed by atoms with van der Waals surface area (Å²) in [5, 5.41) is 20.8. The molecule has 0 bridgehead atoms. The first-order valence-corrected chi connectivity index (χ1v) is 10.5. The number of rotatable bonds is 4. The minimum Gasteiger partial charge on any atom is -0.508 e. The Kier molecular flexibility index (Phi) is 5.57. The Labute approximate surface area is 187 Å². The van der Waals surface area contributed by atoms with Gasteiger partial charge in [-0.15, -0.1) is 0 Å². The lowest BCUT2D eigenvalue weighted by Crippen LogP contribution is -2.29. The molecule has 0 spiro atoms. The van der Waals surface area contributed by atoms with Gasteiger partial charge in [-0.25, -0.2) is 0 Å². The van der Waals surface area contributed by atoms with Crippen molar-refractivity contribution in [2.45, 2.75) is 33.4 Å². The molecule has 1 saturated heterocycles. The van der Waals surface area contributed by atoms with E-state index in [0.29, 0.717) is 11.1 Å². The Hall–Kier alpha value is -3.86. The first-order chi connectivity index (χ1) is 15.3. The van der Waals surface area contributed by atoms with Gasteiger partial charge >= 0.3 is 0 Å². The molecule has 3 aromatic rings. The zero-order valence-electron chi connectivity index (χ0n) is 18.3. The van der Waals surface area contributed by atoms with Gasteiger partial charge in [0.15, 0.2) is 0 Å². The lowest BCUT2D eigenvalue weighted by Gasteiger charge is -2.26. The van der Waals surface area contributed by atoms with Gasteiger partial charge in [0, 0.05) is 12.1 Å². The van der Waals surface area contributed by atoms with Gasteiger partial charge in [0.2, 0.25) is 0 Å². The van der Waals surface area contributed by atoms with Crippen LogP contribution < -0.4 is 0 Å². The lowest BCUT2D eigenvalue weighted by molar-refractivity contribution is -0.140. The van der Waals surface area contributed by atoms with Crippen molar-refractivity contribution in [3.8, 4) is 5.75 Å². The van der Waals surface area contributed by atoms with Gasteiger partial charge in [0.1, 0.15) is 11.5 Å². The maximum Gasteiger partial charge on any atom is 0.295 e. The highest BCUT2D eigenvalue weighted by molar-refractivity contribution is 6.46. The number of nitrogens with zero attached hydrogens (tertiary/aromatic N) is 1. The molecule has 1 aliphatic heterocycles. The summed E-state index contributed by atoms with van der Waals surface area (Å²) in [5.74, 6) is -1.49. The maximum atomic E-state index is 13.1. The summed E-state index contributed by atoms with van der Waals surface area (Å²) in [5.41, 5.74) is 5.20. The minimum atomic E-state index is -0.767. The van der Waals surface area contributed by atoms with E-state index in [-0.39, 0.29) is 23.6 Å². The Bertz CT molecular complexity index is 1220. The van der Waals surface area contributed by atoms with Crippen LogP contribution in [0.3, 0.4) is 0 Å². The SMILES string of the molecule is Cc1ccc(/C(O)=C2\C(=O)C(=O)N(Cc3cc(C)ccc3C)C2c2ccc(O)cc2)cc1. The molecule has 1 heterocycles. The van der Waals surface area contributed by atoms with Crippen LogP contribution in [0.1, 0.15) is 39.4 Å². The number of Topliss-reactive ketones (excluding diaryl/α,β-unsaturated/α-hetero) is 1. The standard InChI is InChI=1S/C27H25NO4/c1-16-5-8-20(9-6-16)25(30)23-24(19-10-12-22(29)13-11-19)28(27(32)26(23)31)15-21-14-17(2)4-7-18(21)3/h4-14,24,29-30H,15H2,1-3H3/b25-23+. The van der Waals surface area contributed by atoms with Crippen LogP contribution in [-0.4, -0.2) is 26.8 Å². The predicted molar refractivity (Wildman–Crippen MR) is 123 cm³/mol. The van der Waals surface area contributed by atoms with Crippen LogP contribution in [0.4, 0.5) is 0 Å². The Morgan fingerprint density at radius 2 is 1.50 bits per heavy atom. The van der Waals surface area contributed by atoms with Crippen molar-refractivity contribution in [3.63, 3.8) is 0 Å². The minimum absolute atomic E-state index is 0.0508. The van der Waals surface area contributed by atoms with E-state index in [1.807, 2.05) is 51.1 Å². The molecule has 0 aromatic heterocycles. The van der Waals surface area contributed by atoms with Crippen molar-refractivity contribution in [1.29, 1.82) is 0 Å². The van der Waals surface area contributed by atoms with Crippen molar-refractivity contribution < 1.29 is 19.8 Å². The van der Waals surface area contributed by atoms with E-state index in [1.54, 1.807) is 24.3 Å². The number of carbonyl (C=O) groups excluding carboxylic acids is 2. The molecule has 0 radical (unpaired) electrons. The summed E-state index contributed by atoms with van der Waals surface area (Å²) in [6.45, 7) is 6.11. The van der Waals surface area contributed by atoms with Gasteiger partial charge in [0.05, 0.1) is 11.6 Å². The molecule has 5 nitrogen and oxygen atoms in total. The molecule has 1 amide bonds. The molecule has 1 aliphatic rings. The number of likely N-dealkylation sites (tertiary alicyclic amines) is 1. The summed E-state index contributed by atoms with van der Waals surface area (Å²) in [7, 11) is 0. The largest absolute Gasteiger partial charge is 0.508 e. The van der Waals surface area contributed by atoms with Gasteiger partial charge < -0.3 is 15.1 Å². The van der Waals surface area contributed by atoms with Crippen molar-refractivity contribution in [1.82, 2.24) is 4.90 Å². The molecule has 3 aromatic carbocycles. The Morgan fingerprint density at radius 3 is 2.16 bits per heavy atom. The first kappa shape index (κ1) is 21.4. The highest BCUT2D eigenvalue weighted by Crippen LogP contribution is 2.40. The van der Waals surface area contributed by atoms with E-state index in [1.165, 1.54) is 17.0 Å². The number of benzene rings is 3. The molecule has 32 heavy (non-hydrogen) atoms. The number of hydrogen-bond acceptors (Lipinski definition) is 4. The fraction of sp³-hybridized carbons (Fsp3) is 0.185. The van der Waals surface area contributed by atoms with Gasteiger partial charge in [-0.1, -0.05) is 65.7 Å². The van der Waals surface area contributed by atoms with Crippen LogP contribution in [0.25, 0.3) is 5.76 Å². The Balaban J connectivity index is 1.87. The molecule has 0 aliphatic carbocycles. The number of carbonyl (C=O) groups is 2. The quantitative estimate of drug-likeness (QED) is 0.351. The van der Waals surface area contributed by atoms with Crippen molar-refractivity contribution in [3.05, 3.63) is 106 Å². The van der Waals surface area contributed by atoms with Crippen LogP contribution in [0.2, 0.25) is 0 Å². The molecule has 0 saturated carbocycles. The van der Waals surface area contributed by atoms with Gasteiger partial charge in [-0.05, 0) is 49.6 Å². The normalized spacial score (nSPS) is 17.7. The van der Waals surface area contributed by atoms with E-state index in [2.05, 4.69) is 0 Å². The predicted octanol–water partition coefficient (Wildman–Crippen LogP) is 4.94. The topological polar surface area (TPSA) is 77.8 Å². The molecule has 4 rings (SSSR count). The second-order valence-electron chi connectivity index (χ2n) is 8.31. The number of aromatic hydroxyl groups is 1. The molecule has 162 valence electrons. The smallest absolute Gasteiger partial charge is 0.295 e. The monoisotopic (exact) mass is 427 g/mol. The number of amides is 1. The number of phenolic OH excluding ortho intramolecular Hbond substituents is 1.